The molecule has 2 aromatic rings. The molecule has 156 valence electrons. The van der Waals surface area contributed by atoms with E-state index in [1.807, 2.05) is 18.2 Å². The maximum absolute atomic E-state index is 12.5. The Morgan fingerprint density at radius 2 is 1.67 bits per heavy atom. The molecule has 1 aliphatic rings. The molecule has 3 rings (SSSR count). The number of nitrogens with zero attached hydrogens (tertiary/aromatic N) is 1. The van der Waals surface area contributed by atoms with E-state index in [4.69, 9.17) is 32.7 Å². The van der Waals surface area contributed by atoms with Crippen LogP contribution in [-0.2, 0) is 19.1 Å². The monoisotopic (exact) mass is 446 g/mol. The lowest BCUT2D eigenvalue weighted by Crippen LogP contribution is -2.23. The van der Waals surface area contributed by atoms with Crippen molar-refractivity contribution in [2.45, 2.75) is 13.8 Å². The molecule has 0 aliphatic carbocycles. The van der Waals surface area contributed by atoms with Crippen LogP contribution in [0.3, 0.4) is 0 Å². The number of benzodiazepines with no additional fused rings is 1. The summed E-state index contributed by atoms with van der Waals surface area (Å²) in [5, 5.41) is 4.18. The summed E-state index contributed by atoms with van der Waals surface area (Å²) in [7, 11) is 0. The van der Waals surface area contributed by atoms with Crippen LogP contribution in [0.2, 0.25) is 10.0 Å². The summed E-state index contributed by atoms with van der Waals surface area (Å²) >= 11 is 12.6. The van der Waals surface area contributed by atoms with Gasteiger partial charge in [-0.3, -0.25) is 4.99 Å². The summed E-state index contributed by atoms with van der Waals surface area (Å²) in [6.45, 7) is 3.58. The van der Waals surface area contributed by atoms with Crippen molar-refractivity contribution in [3.05, 3.63) is 74.9 Å². The molecule has 0 saturated heterocycles. The molecule has 1 heterocycles. The van der Waals surface area contributed by atoms with E-state index in [9.17, 15) is 9.59 Å². The number of carbonyl (C=O) groups excluding carboxylic acids is 2. The van der Waals surface area contributed by atoms with Crippen LogP contribution >= 0.6 is 23.2 Å². The first-order valence-electron chi connectivity index (χ1n) is 9.39. The van der Waals surface area contributed by atoms with Crippen molar-refractivity contribution in [1.29, 1.82) is 0 Å². The normalized spacial score (nSPS) is 12.8. The molecule has 0 spiro atoms. The third kappa shape index (κ3) is 4.66. The smallest absolute Gasteiger partial charge is 0.347 e. The average molecular weight is 447 g/mol. The Hall–Kier alpha value is -2.83. The Balaban J connectivity index is 2.20. The Morgan fingerprint density at radius 1 is 1.00 bits per heavy atom. The lowest BCUT2D eigenvalue weighted by molar-refractivity contribution is -0.146. The van der Waals surface area contributed by atoms with Gasteiger partial charge in [0.25, 0.3) is 0 Å². The van der Waals surface area contributed by atoms with Gasteiger partial charge in [-0.05, 0) is 38.1 Å². The second-order valence-corrected chi connectivity index (χ2v) is 7.10. The van der Waals surface area contributed by atoms with Gasteiger partial charge in [0.05, 0.1) is 31.2 Å². The van der Waals surface area contributed by atoms with Gasteiger partial charge in [-0.1, -0.05) is 41.4 Å². The van der Waals surface area contributed by atoms with Crippen molar-refractivity contribution in [1.82, 2.24) is 0 Å². The number of hydrogen-bond acceptors (Lipinski definition) is 6. The second-order valence-electron chi connectivity index (χ2n) is 6.25. The fourth-order valence-electron chi connectivity index (χ4n) is 3.03. The molecule has 30 heavy (non-hydrogen) atoms. The zero-order chi connectivity index (χ0) is 21.7. The quantitative estimate of drug-likeness (QED) is 0.313. The van der Waals surface area contributed by atoms with Gasteiger partial charge < -0.3 is 14.8 Å². The van der Waals surface area contributed by atoms with E-state index in [-0.39, 0.29) is 31.0 Å². The number of ether oxygens (including phenoxy) is 2. The molecular formula is C22H20Cl2N2O4. The van der Waals surface area contributed by atoms with E-state index in [1.54, 1.807) is 38.1 Å². The molecule has 0 atom stereocenters. The molecule has 0 amide bonds. The van der Waals surface area contributed by atoms with Gasteiger partial charge in [0.15, 0.2) is 5.57 Å². The average Bonchev–Trinajstić information content (AvgIpc) is 2.88. The number of rotatable bonds is 5. The fraction of sp³-hybridized carbons (Fsp3) is 0.227. The van der Waals surface area contributed by atoms with E-state index in [1.165, 1.54) is 0 Å². The van der Waals surface area contributed by atoms with Crippen LogP contribution in [0.4, 0.5) is 5.69 Å². The summed E-state index contributed by atoms with van der Waals surface area (Å²) in [5.74, 6) is -1.55. The Morgan fingerprint density at radius 3 is 2.30 bits per heavy atom. The molecule has 0 saturated carbocycles. The molecule has 1 aliphatic heterocycles. The zero-order valence-corrected chi connectivity index (χ0v) is 18.0. The number of anilines is 1. The van der Waals surface area contributed by atoms with Crippen LogP contribution in [0.5, 0.6) is 0 Å². The molecule has 0 radical (unpaired) electrons. The van der Waals surface area contributed by atoms with E-state index >= 15 is 0 Å². The molecule has 8 heteroatoms. The first kappa shape index (κ1) is 21.9. The largest absolute Gasteiger partial charge is 0.462 e. The number of esters is 2. The van der Waals surface area contributed by atoms with Crippen molar-refractivity contribution in [3.63, 3.8) is 0 Å². The summed E-state index contributed by atoms with van der Waals surface area (Å²) in [4.78, 5) is 29.7. The van der Waals surface area contributed by atoms with Crippen molar-refractivity contribution < 1.29 is 19.1 Å². The topological polar surface area (TPSA) is 77.0 Å². The van der Waals surface area contributed by atoms with Crippen LogP contribution in [0.15, 0.2) is 58.7 Å². The van der Waals surface area contributed by atoms with Crippen molar-refractivity contribution in [2.24, 2.45) is 4.99 Å². The number of aliphatic imine (C=N–C) groups is 1. The number of hydrogen-bond donors (Lipinski definition) is 1. The minimum absolute atomic E-state index is 0.0137. The zero-order valence-electron chi connectivity index (χ0n) is 16.5. The SMILES string of the molecule is CCOC(=O)C(C(=O)OCC)=C1CN=C(c2ccccc2Cl)c2cc(Cl)ccc2N1. The van der Waals surface area contributed by atoms with Crippen LogP contribution in [0.25, 0.3) is 0 Å². The van der Waals surface area contributed by atoms with Crippen LogP contribution in [0.1, 0.15) is 25.0 Å². The third-order valence-electron chi connectivity index (χ3n) is 4.31. The minimum atomic E-state index is -0.773. The minimum Gasteiger partial charge on any atom is -0.462 e. The predicted octanol–water partition coefficient (Wildman–Crippen LogP) is 4.64. The number of halogens is 2. The number of carbonyl (C=O) groups is 2. The molecule has 6 nitrogen and oxygen atoms in total. The first-order chi connectivity index (χ1) is 14.5. The van der Waals surface area contributed by atoms with Crippen LogP contribution < -0.4 is 5.32 Å². The lowest BCUT2D eigenvalue weighted by atomic mass is 10.0. The van der Waals surface area contributed by atoms with Gasteiger partial charge >= 0.3 is 11.9 Å². The molecule has 1 N–H and O–H groups in total. The number of fused-ring (bicyclic) bond motifs is 1. The molecule has 0 unspecified atom stereocenters. The van der Waals surface area contributed by atoms with E-state index in [2.05, 4.69) is 10.3 Å². The van der Waals surface area contributed by atoms with Gasteiger partial charge in [-0.2, -0.15) is 0 Å². The summed E-state index contributed by atoms with van der Waals surface area (Å²) in [6.07, 6.45) is 0. The fourth-order valence-corrected chi connectivity index (χ4v) is 3.43. The standard InChI is InChI=1S/C22H20Cl2N2O4/c1-3-29-21(27)19(22(28)30-4-2)18-12-25-20(14-7-5-6-8-16(14)24)15-11-13(23)9-10-17(15)26-18/h5-11,26H,3-4,12H2,1-2H3. The number of benzene rings is 2. The van der Waals surface area contributed by atoms with Crippen LogP contribution in [0, 0.1) is 0 Å². The molecule has 0 fully saturated rings. The first-order valence-corrected chi connectivity index (χ1v) is 10.2. The van der Waals surface area contributed by atoms with E-state index in [0.717, 1.165) is 0 Å². The van der Waals surface area contributed by atoms with Gasteiger partial charge in [0.2, 0.25) is 0 Å². The highest BCUT2D eigenvalue weighted by molar-refractivity contribution is 6.36. The maximum atomic E-state index is 12.5. The maximum Gasteiger partial charge on any atom is 0.347 e. The lowest BCUT2D eigenvalue weighted by Gasteiger charge is -2.14. The van der Waals surface area contributed by atoms with Crippen molar-refractivity contribution in [3.8, 4) is 0 Å². The molecule has 0 bridgehead atoms. The van der Waals surface area contributed by atoms with Gasteiger partial charge in [-0.15, -0.1) is 0 Å². The van der Waals surface area contributed by atoms with Gasteiger partial charge in [0, 0.05) is 26.9 Å². The van der Waals surface area contributed by atoms with E-state index in [0.29, 0.717) is 32.6 Å². The van der Waals surface area contributed by atoms with Gasteiger partial charge in [-0.25, -0.2) is 9.59 Å². The third-order valence-corrected chi connectivity index (χ3v) is 4.87. The Labute approximate surface area is 184 Å². The van der Waals surface area contributed by atoms with E-state index < -0.39 is 11.9 Å². The molecular weight excluding hydrogens is 427 g/mol. The van der Waals surface area contributed by atoms with Crippen molar-refractivity contribution in [2.75, 3.05) is 25.1 Å². The highest BCUT2D eigenvalue weighted by Crippen LogP contribution is 2.31. The Kier molecular flexibility index (Phi) is 7.13. The highest BCUT2D eigenvalue weighted by Gasteiger charge is 2.28. The highest BCUT2D eigenvalue weighted by atomic mass is 35.5. The summed E-state index contributed by atoms with van der Waals surface area (Å²) in [5.41, 5.74) is 2.67. The van der Waals surface area contributed by atoms with Crippen molar-refractivity contribution >= 4 is 46.5 Å². The number of nitrogens with one attached hydrogen (secondary N) is 1. The molecule has 0 aromatic heterocycles. The summed E-state index contributed by atoms with van der Waals surface area (Å²) in [6, 6.07) is 12.5. The predicted molar refractivity (Wildman–Crippen MR) is 117 cm³/mol. The Bertz CT molecular complexity index is 1030. The summed E-state index contributed by atoms with van der Waals surface area (Å²) < 4.78 is 10.1. The van der Waals surface area contributed by atoms with Gasteiger partial charge in [0.1, 0.15) is 0 Å². The second kappa shape index (κ2) is 9.78. The van der Waals surface area contributed by atoms with Crippen LogP contribution in [-0.4, -0.2) is 37.4 Å². The molecule has 2 aromatic carbocycles.